The van der Waals surface area contributed by atoms with Crippen LogP contribution in [0.5, 0.6) is 0 Å². The van der Waals surface area contributed by atoms with Crippen molar-refractivity contribution in [3.8, 4) is 11.3 Å². The van der Waals surface area contributed by atoms with Crippen LogP contribution in [-0.2, 0) is 16.1 Å². The molecule has 0 saturated carbocycles. The van der Waals surface area contributed by atoms with Crippen LogP contribution >= 0.6 is 0 Å². The highest BCUT2D eigenvalue weighted by Gasteiger charge is 2.37. The highest BCUT2D eigenvalue weighted by molar-refractivity contribution is 7.80. The number of nitrogens with one attached hydrogen (secondary N) is 1. The molecule has 35 heavy (non-hydrogen) atoms. The molecule has 1 aliphatic heterocycles. The van der Waals surface area contributed by atoms with Gasteiger partial charge < -0.3 is 23.7 Å². The van der Waals surface area contributed by atoms with E-state index in [9.17, 15) is 27.8 Å². The summed E-state index contributed by atoms with van der Waals surface area (Å²) >= 11 is -2.59. The lowest BCUT2D eigenvalue weighted by atomic mass is 9.92. The topological polar surface area (TPSA) is 126 Å². The molecular formula is C24H25FN3O6S-. The highest BCUT2D eigenvalue weighted by Crippen LogP contribution is 2.42. The third-order valence-corrected chi connectivity index (χ3v) is 7.22. The first kappa shape index (κ1) is 24.8. The van der Waals surface area contributed by atoms with Gasteiger partial charge in [-0.05, 0) is 56.3 Å². The van der Waals surface area contributed by atoms with Gasteiger partial charge in [0.2, 0.25) is 0 Å². The smallest absolute Gasteiger partial charge is 0.320 e. The number of nitrogens with zero attached hydrogens (tertiary/aromatic N) is 2. The minimum atomic E-state index is -2.59. The van der Waals surface area contributed by atoms with Crippen molar-refractivity contribution in [3.05, 3.63) is 53.3 Å². The molecule has 0 spiro atoms. The maximum absolute atomic E-state index is 13.5. The van der Waals surface area contributed by atoms with E-state index in [-0.39, 0.29) is 35.8 Å². The van der Waals surface area contributed by atoms with Crippen molar-refractivity contribution in [1.82, 2.24) is 10.2 Å². The van der Waals surface area contributed by atoms with Crippen molar-refractivity contribution >= 4 is 39.8 Å². The number of benzene rings is 2. The summed E-state index contributed by atoms with van der Waals surface area (Å²) in [7, 11) is 3.19. The number of anilines is 1. The number of carboxylic acid groups (broad SMARTS) is 1. The summed E-state index contributed by atoms with van der Waals surface area (Å²) in [6.07, 6.45) is 0.283. The summed E-state index contributed by atoms with van der Waals surface area (Å²) in [5.74, 6) is -1.88. The number of halogens is 1. The monoisotopic (exact) mass is 502 g/mol. The summed E-state index contributed by atoms with van der Waals surface area (Å²) < 4.78 is 44.8. The maximum atomic E-state index is 13.5. The zero-order chi connectivity index (χ0) is 25.4. The molecule has 1 amide bonds. The van der Waals surface area contributed by atoms with Gasteiger partial charge in [-0.25, -0.2) is 4.39 Å². The summed E-state index contributed by atoms with van der Waals surface area (Å²) in [4.78, 5) is 26.3. The average molecular weight is 503 g/mol. The van der Waals surface area contributed by atoms with Crippen LogP contribution in [0.3, 0.4) is 0 Å². The standard InChI is InChI=1S/C24H26FN3O6S/c1-4-28(35(32)33)18-11-20-17(10-16(18)14-9-19(24(30)31)27(3)12-14)21(23(29)26-2)22(34-20)13-5-7-15(25)8-6-13/h5-8,10-11,14,19H,4,9,12H2,1-3H3,(H,26,29)(H,30,31)(H,32,33)/p-1/t14?,19-/m0/s1. The van der Waals surface area contributed by atoms with Crippen LogP contribution in [0.4, 0.5) is 10.1 Å². The molecule has 2 N–H and O–H groups in total. The first-order valence-electron chi connectivity index (χ1n) is 11.0. The second-order valence-electron chi connectivity index (χ2n) is 8.44. The Labute approximate surface area is 203 Å². The molecule has 3 atom stereocenters. The Hall–Kier alpha value is -3.28. The Kier molecular flexibility index (Phi) is 6.93. The van der Waals surface area contributed by atoms with Crippen LogP contribution in [0, 0.1) is 5.82 Å². The number of aliphatic carboxylic acids is 1. The van der Waals surface area contributed by atoms with Gasteiger partial charge in [0.25, 0.3) is 5.91 Å². The molecule has 0 bridgehead atoms. The van der Waals surface area contributed by atoms with Crippen molar-refractivity contribution in [2.45, 2.75) is 25.3 Å². The molecule has 0 radical (unpaired) electrons. The Morgan fingerprint density at radius 3 is 2.54 bits per heavy atom. The normalized spacial score (nSPS) is 19.1. The second kappa shape index (κ2) is 9.76. The molecule has 1 fully saturated rings. The molecule has 2 heterocycles. The van der Waals surface area contributed by atoms with E-state index >= 15 is 0 Å². The molecule has 2 unspecified atom stereocenters. The Morgan fingerprint density at radius 1 is 1.31 bits per heavy atom. The third-order valence-electron chi connectivity index (χ3n) is 6.41. The van der Waals surface area contributed by atoms with Crippen LogP contribution < -0.4 is 9.62 Å². The number of likely N-dealkylation sites (tertiary alicyclic amines) is 1. The number of carboxylic acids is 1. The van der Waals surface area contributed by atoms with Crippen LogP contribution in [0.15, 0.2) is 40.8 Å². The van der Waals surface area contributed by atoms with Crippen molar-refractivity contribution in [2.24, 2.45) is 0 Å². The predicted octanol–water partition coefficient (Wildman–Crippen LogP) is 3.09. The van der Waals surface area contributed by atoms with Gasteiger partial charge in [0.15, 0.2) is 0 Å². The van der Waals surface area contributed by atoms with Crippen LogP contribution in [-0.4, -0.2) is 63.9 Å². The molecule has 1 saturated heterocycles. The molecule has 3 aromatic rings. The first-order valence-corrected chi connectivity index (χ1v) is 12.1. The lowest BCUT2D eigenvalue weighted by molar-refractivity contribution is -0.141. The van der Waals surface area contributed by atoms with Crippen LogP contribution in [0.25, 0.3) is 22.3 Å². The van der Waals surface area contributed by atoms with E-state index in [4.69, 9.17) is 4.42 Å². The molecule has 1 aromatic heterocycles. The van der Waals surface area contributed by atoms with Crippen LogP contribution in [0.1, 0.15) is 35.2 Å². The minimum absolute atomic E-state index is 0.146. The van der Waals surface area contributed by atoms with E-state index in [1.165, 1.54) is 35.6 Å². The number of hydrogen-bond acceptors (Lipinski definition) is 6. The van der Waals surface area contributed by atoms with Crippen molar-refractivity contribution in [2.75, 3.05) is 31.5 Å². The van der Waals surface area contributed by atoms with E-state index in [0.29, 0.717) is 28.7 Å². The largest absolute Gasteiger partial charge is 0.755 e. The number of carbonyl (C=O) groups excluding carboxylic acids is 1. The third kappa shape index (κ3) is 4.54. The molecule has 1 aliphatic rings. The van der Waals surface area contributed by atoms with E-state index in [2.05, 4.69) is 5.32 Å². The van der Waals surface area contributed by atoms with Gasteiger partial charge in [-0.15, -0.1) is 0 Å². The second-order valence-corrected chi connectivity index (χ2v) is 9.31. The number of amides is 1. The molecule has 9 nitrogen and oxygen atoms in total. The molecule has 0 aliphatic carbocycles. The average Bonchev–Trinajstić information content (AvgIpc) is 3.39. The van der Waals surface area contributed by atoms with E-state index < -0.39 is 35.0 Å². The van der Waals surface area contributed by atoms with Gasteiger partial charge in [0.1, 0.15) is 23.2 Å². The number of likely N-dealkylation sites (N-methyl/N-ethyl adjacent to an activating group) is 1. The van der Waals surface area contributed by atoms with Gasteiger partial charge in [0.05, 0.1) is 11.3 Å². The summed E-state index contributed by atoms with van der Waals surface area (Å²) in [6, 6.07) is 8.07. The van der Waals surface area contributed by atoms with Gasteiger partial charge >= 0.3 is 5.97 Å². The number of rotatable bonds is 7. The van der Waals surface area contributed by atoms with Gasteiger partial charge in [-0.1, -0.05) is 0 Å². The van der Waals surface area contributed by atoms with E-state index in [0.717, 1.165) is 0 Å². The Bertz CT molecular complexity index is 1310. The fourth-order valence-electron chi connectivity index (χ4n) is 4.72. The number of carbonyl (C=O) groups is 2. The fourth-order valence-corrected chi connectivity index (χ4v) is 5.25. The molecule has 4 rings (SSSR count). The predicted molar refractivity (Wildman–Crippen MR) is 128 cm³/mol. The number of furan rings is 1. The van der Waals surface area contributed by atoms with Crippen molar-refractivity contribution in [1.29, 1.82) is 0 Å². The SMILES string of the molecule is CCN(c1cc2oc(-c3ccc(F)cc3)c(C(=O)NC)c2cc1C1C[C@@H](C(=O)O)N(C)C1)S(=O)[O-]. The quantitative estimate of drug-likeness (QED) is 0.476. The molecular weight excluding hydrogens is 477 g/mol. The molecule has 2 aromatic carbocycles. The number of hydrogen-bond donors (Lipinski definition) is 2. The summed E-state index contributed by atoms with van der Waals surface area (Å²) in [5, 5.41) is 12.6. The Morgan fingerprint density at radius 2 is 2.00 bits per heavy atom. The zero-order valence-corrected chi connectivity index (χ0v) is 20.2. The summed E-state index contributed by atoms with van der Waals surface area (Å²) in [6.45, 7) is 2.23. The zero-order valence-electron chi connectivity index (χ0n) is 19.4. The molecule has 186 valence electrons. The summed E-state index contributed by atoms with van der Waals surface area (Å²) in [5.41, 5.74) is 1.97. The van der Waals surface area contributed by atoms with Crippen LogP contribution in [0.2, 0.25) is 0 Å². The lowest BCUT2D eigenvalue weighted by Gasteiger charge is -2.29. The highest BCUT2D eigenvalue weighted by atomic mass is 32.2. The van der Waals surface area contributed by atoms with Gasteiger partial charge in [-0.2, -0.15) is 0 Å². The van der Waals surface area contributed by atoms with E-state index in [1.807, 2.05) is 0 Å². The van der Waals surface area contributed by atoms with Gasteiger partial charge in [0, 0.05) is 54.3 Å². The minimum Gasteiger partial charge on any atom is -0.755 e. The van der Waals surface area contributed by atoms with Gasteiger partial charge in [-0.3, -0.25) is 18.7 Å². The molecule has 11 heteroatoms. The van der Waals surface area contributed by atoms with E-state index in [1.54, 1.807) is 31.0 Å². The van der Waals surface area contributed by atoms with Crippen molar-refractivity contribution < 1.29 is 32.3 Å². The number of fused-ring (bicyclic) bond motifs is 1. The fraction of sp³-hybridized carbons (Fsp3) is 0.333. The van der Waals surface area contributed by atoms with Crippen molar-refractivity contribution in [3.63, 3.8) is 0 Å². The first-order chi connectivity index (χ1) is 16.7. The maximum Gasteiger partial charge on any atom is 0.320 e. The Balaban J connectivity index is 1.98. The lowest BCUT2D eigenvalue weighted by Crippen LogP contribution is -2.32.